The van der Waals surface area contributed by atoms with E-state index in [0.29, 0.717) is 11.8 Å². The van der Waals surface area contributed by atoms with Crippen molar-refractivity contribution < 1.29 is 13.6 Å². The molecule has 0 fully saturated rings. The zero-order valence-corrected chi connectivity index (χ0v) is 13.2. The molecule has 0 unspecified atom stereocenters. The van der Waals surface area contributed by atoms with Gasteiger partial charge in [0.25, 0.3) is 5.91 Å². The first-order valence-corrected chi connectivity index (χ1v) is 7.40. The quantitative estimate of drug-likeness (QED) is 0.711. The van der Waals surface area contributed by atoms with E-state index in [1.165, 1.54) is 0 Å². The van der Waals surface area contributed by atoms with Gasteiger partial charge in [0, 0.05) is 16.1 Å². The van der Waals surface area contributed by atoms with Gasteiger partial charge in [-0.05, 0) is 30.3 Å². The summed E-state index contributed by atoms with van der Waals surface area (Å²) >= 11 is 3.34. The van der Waals surface area contributed by atoms with Crippen LogP contribution in [-0.2, 0) is 0 Å². The van der Waals surface area contributed by atoms with Gasteiger partial charge in [0.15, 0.2) is 0 Å². The van der Waals surface area contributed by atoms with Gasteiger partial charge in [-0.3, -0.25) is 9.89 Å². The molecule has 0 radical (unpaired) electrons. The van der Waals surface area contributed by atoms with Gasteiger partial charge in [0.2, 0.25) is 0 Å². The maximum Gasteiger partial charge on any atom is 0.273 e. The molecule has 0 saturated heterocycles. The van der Waals surface area contributed by atoms with Gasteiger partial charge in [-0.15, -0.1) is 0 Å². The molecule has 1 aromatic heterocycles. The molecular weight excluding hydrogens is 368 g/mol. The number of hydrogen-bond acceptors (Lipinski definition) is 2. The average Bonchev–Trinajstić information content (AvgIpc) is 3.01. The SMILES string of the molecule is O=C(Nc1ccc(F)cc1F)c1cc(-c2ccc(Br)cc2)n[nH]1. The van der Waals surface area contributed by atoms with E-state index >= 15 is 0 Å². The van der Waals surface area contributed by atoms with Gasteiger partial charge in [0.1, 0.15) is 17.3 Å². The highest BCUT2D eigenvalue weighted by atomic mass is 79.9. The molecule has 116 valence electrons. The van der Waals surface area contributed by atoms with Gasteiger partial charge in [-0.1, -0.05) is 28.1 Å². The van der Waals surface area contributed by atoms with Crippen molar-refractivity contribution in [3.05, 3.63) is 70.3 Å². The van der Waals surface area contributed by atoms with Crippen LogP contribution >= 0.6 is 15.9 Å². The lowest BCUT2D eigenvalue weighted by Gasteiger charge is -2.04. The Hall–Kier alpha value is -2.54. The largest absolute Gasteiger partial charge is 0.318 e. The zero-order chi connectivity index (χ0) is 16.4. The van der Waals surface area contributed by atoms with E-state index < -0.39 is 17.5 Å². The van der Waals surface area contributed by atoms with Crippen molar-refractivity contribution in [3.63, 3.8) is 0 Å². The minimum atomic E-state index is -0.842. The first kappa shape index (κ1) is 15.4. The van der Waals surface area contributed by atoms with Crippen LogP contribution < -0.4 is 5.32 Å². The fourth-order valence-electron chi connectivity index (χ4n) is 1.99. The van der Waals surface area contributed by atoms with Crippen molar-refractivity contribution in [2.24, 2.45) is 0 Å². The van der Waals surface area contributed by atoms with Crippen molar-refractivity contribution in [2.75, 3.05) is 5.32 Å². The number of rotatable bonds is 3. The van der Waals surface area contributed by atoms with E-state index in [0.717, 1.165) is 22.2 Å². The molecule has 0 atom stereocenters. The Balaban J connectivity index is 1.79. The summed E-state index contributed by atoms with van der Waals surface area (Å²) in [4.78, 5) is 12.1. The van der Waals surface area contributed by atoms with Crippen LogP contribution in [0.1, 0.15) is 10.5 Å². The van der Waals surface area contributed by atoms with E-state index in [1.54, 1.807) is 6.07 Å². The molecule has 3 rings (SSSR count). The van der Waals surface area contributed by atoms with Crippen LogP contribution in [0.15, 0.2) is 53.0 Å². The number of anilines is 1. The van der Waals surface area contributed by atoms with Gasteiger partial charge < -0.3 is 5.32 Å². The second-order valence-corrected chi connectivity index (χ2v) is 5.67. The monoisotopic (exact) mass is 377 g/mol. The average molecular weight is 378 g/mol. The van der Waals surface area contributed by atoms with Gasteiger partial charge in [0.05, 0.1) is 11.4 Å². The third-order valence-electron chi connectivity index (χ3n) is 3.14. The van der Waals surface area contributed by atoms with Crippen LogP contribution in [0.5, 0.6) is 0 Å². The number of hydrogen-bond donors (Lipinski definition) is 2. The van der Waals surface area contributed by atoms with Crippen LogP contribution in [0.2, 0.25) is 0 Å². The Morgan fingerprint density at radius 1 is 1.09 bits per heavy atom. The second-order valence-electron chi connectivity index (χ2n) is 4.75. The lowest BCUT2D eigenvalue weighted by Crippen LogP contribution is -2.13. The highest BCUT2D eigenvalue weighted by Gasteiger charge is 2.13. The van der Waals surface area contributed by atoms with Crippen LogP contribution in [0.4, 0.5) is 14.5 Å². The molecule has 23 heavy (non-hydrogen) atoms. The highest BCUT2D eigenvalue weighted by molar-refractivity contribution is 9.10. The zero-order valence-electron chi connectivity index (χ0n) is 11.6. The molecule has 2 N–H and O–H groups in total. The van der Waals surface area contributed by atoms with Crippen LogP contribution in [0, 0.1) is 11.6 Å². The molecule has 7 heteroatoms. The highest BCUT2D eigenvalue weighted by Crippen LogP contribution is 2.21. The number of aromatic amines is 1. The minimum absolute atomic E-state index is 0.101. The standard InChI is InChI=1S/C16H10BrF2N3O/c17-10-3-1-9(2-4-10)14-8-15(22-21-14)16(23)20-13-6-5-11(18)7-12(13)19/h1-8H,(H,20,23)(H,21,22). The van der Waals surface area contributed by atoms with Gasteiger partial charge in [-0.2, -0.15) is 5.10 Å². The number of H-pyrrole nitrogens is 1. The number of carbonyl (C=O) groups is 1. The van der Waals surface area contributed by atoms with Crippen LogP contribution in [0.3, 0.4) is 0 Å². The number of nitrogens with one attached hydrogen (secondary N) is 2. The summed E-state index contributed by atoms with van der Waals surface area (Å²) in [5.74, 6) is -2.11. The number of halogens is 3. The maximum atomic E-state index is 13.5. The number of nitrogens with zero attached hydrogens (tertiary/aromatic N) is 1. The molecule has 2 aromatic carbocycles. The molecule has 4 nitrogen and oxygen atoms in total. The summed E-state index contributed by atoms with van der Waals surface area (Å²) in [6.07, 6.45) is 0. The smallest absolute Gasteiger partial charge is 0.273 e. The molecular formula is C16H10BrF2N3O. The van der Waals surface area contributed by atoms with E-state index in [-0.39, 0.29) is 11.4 Å². The Morgan fingerprint density at radius 3 is 2.52 bits per heavy atom. The topological polar surface area (TPSA) is 57.8 Å². The summed E-state index contributed by atoms with van der Waals surface area (Å²) < 4.78 is 27.3. The van der Waals surface area contributed by atoms with Crippen molar-refractivity contribution >= 4 is 27.5 Å². The van der Waals surface area contributed by atoms with E-state index in [2.05, 4.69) is 31.4 Å². The number of aromatic nitrogens is 2. The maximum absolute atomic E-state index is 13.5. The minimum Gasteiger partial charge on any atom is -0.318 e. The van der Waals surface area contributed by atoms with Crippen molar-refractivity contribution in [1.82, 2.24) is 10.2 Å². The summed E-state index contributed by atoms with van der Waals surface area (Å²) in [7, 11) is 0. The molecule has 0 aliphatic carbocycles. The van der Waals surface area contributed by atoms with Gasteiger partial charge >= 0.3 is 0 Å². The lowest BCUT2D eigenvalue weighted by atomic mass is 10.1. The summed E-state index contributed by atoms with van der Waals surface area (Å²) in [6, 6.07) is 11.9. The first-order chi connectivity index (χ1) is 11.0. The van der Waals surface area contributed by atoms with Crippen molar-refractivity contribution in [2.45, 2.75) is 0 Å². The Labute approximate surface area is 138 Å². The van der Waals surface area contributed by atoms with E-state index in [4.69, 9.17) is 0 Å². The van der Waals surface area contributed by atoms with E-state index in [9.17, 15) is 13.6 Å². The molecule has 0 bridgehead atoms. The molecule has 0 aliphatic heterocycles. The predicted molar refractivity (Wildman–Crippen MR) is 86.0 cm³/mol. The normalized spacial score (nSPS) is 10.6. The molecule has 0 aliphatic rings. The lowest BCUT2D eigenvalue weighted by molar-refractivity contribution is 0.102. The fraction of sp³-hybridized carbons (Fsp3) is 0. The molecule has 3 aromatic rings. The van der Waals surface area contributed by atoms with Gasteiger partial charge in [-0.25, -0.2) is 8.78 Å². The summed E-state index contributed by atoms with van der Waals surface area (Å²) in [6.45, 7) is 0. The Kier molecular flexibility index (Phi) is 4.20. The molecule has 0 saturated carbocycles. The summed E-state index contributed by atoms with van der Waals surface area (Å²) in [5, 5.41) is 9.03. The molecule has 1 heterocycles. The van der Waals surface area contributed by atoms with Crippen LogP contribution in [0.25, 0.3) is 11.3 Å². The Bertz CT molecular complexity index is 862. The predicted octanol–water partition coefficient (Wildman–Crippen LogP) is 4.37. The third-order valence-corrected chi connectivity index (χ3v) is 3.67. The van der Waals surface area contributed by atoms with E-state index in [1.807, 2.05) is 24.3 Å². The van der Waals surface area contributed by atoms with Crippen molar-refractivity contribution in [1.29, 1.82) is 0 Å². The number of amides is 1. The number of carbonyl (C=O) groups excluding carboxylic acids is 1. The second kappa shape index (κ2) is 6.29. The number of benzene rings is 2. The molecule has 0 spiro atoms. The third kappa shape index (κ3) is 3.45. The Morgan fingerprint density at radius 2 is 1.83 bits per heavy atom. The van der Waals surface area contributed by atoms with Crippen LogP contribution in [-0.4, -0.2) is 16.1 Å². The summed E-state index contributed by atoms with van der Waals surface area (Å²) in [5.41, 5.74) is 1.49. The van der Waals surface area contributed by atoms with Crippen molar-refractivity contribution in [3.8, 4) is 11.3 Å². The fourth-order valence-corrected chi connectivity index (χ4v) is 2.25. The molecule has 1 amide bonds. The first-order valence-electron chi connectivity index (χ1n) is 6.61.